The lowest BCUT2D eigenvalue weighted by atomic mass is 10.1. The molecule has 1 rings (SSSR count). The van der Waals surface area contributed by atoms with E-state index in [1.807, 2.05) is 13.8 Å². The van der Waals surface area contributed by atoms with Gasteiger partial charge in [-0.3, -0.25) is 4.79 Å². The third-order valence-electron chi connectivity index (χ3n) is 4.16. The SMILES string of the molecule is CCCCN(CCCC)S(=O)(=O)N1CCCCC1C(=O)OCC. The lowest BCUT2D eigenvalue weighted by Crippen LogP contribution is -2.54. The molecular formula is C16H32N2O4S. The van der Waals surface area contributed by atoms with Crippen molar-refractivity contribution in [2.24, 2.45) is 0 Å². The van der Waals surface area contributed by atoms with Gasteiger partial charge in [-0.05, 0) is 39.0 Å². The fourth-order valence-corrected chi connectivity index (χ4v) is 4.70. The number of unbranched alkanes of at least 4 members (excludes halogenated alkanes) is 2. The van der Waals surface area contributed by atoms with E-state index in [0.29, 0.717) is 26.1 Å². The van der Waals surface area contributed by atoms with Crippen LogP contribution in [0.15, 0.2) is 0 Å². The molecule has 6 nitrogen and oxygen atoms in total. The molecule has 0 bridgehead atoms. The van der Waals surface area contributed by atoms with E-state index in [1.165, 1.54) is 4.31 Å². The Kier molecular flexibility index (Phi) is 9.09. The molecule has 0 aromatic carbocycles. The smallest absolute Gasteiger partial charge is 0.324 e. The summed E-state index contributed by atoms with van der Waals surface area (Å²) in [7, 11) is -3.62. The normalized spacial score (nSPS) is 19.9. The lowest BCUT2D eigenvalue weighted by molar-refractivity contribution is -0.148. The van der Waals surface area contributed by atoms with Crippen LogP contribution in [0.2, 0.25) is 0 Å². The largest absolute Gasteiger partial charge is 0.465 e. The number of hydrogen-bond acceptors (Lipinski definition) is 4. The van der Waals surface area contributed by atoms with E-state index in [-0.39, 0.29) is 6.61 Å². The molecule has 0 radical (unpaired) electrons. The lowest BCUT2D eigenvalue weighted by Gasteiger charge is -2.36. The van der Waals surface area contributed by atoms with Crippen LogP contribution in [0.5, 0.6) is 0 Å². The van der Waals surface area contributed by atoms with Gasteiger partial charge >= 0.3 is 5.97 Å². The first-order chi connectivity index (χ1) is 11.0. The summed E-state index contributed by atoms with van der Waals surface area (Å²) >= 11 is 0. The molecule has 7 heteroatoms. The van der Waals surface area contributed by atoms with Gasteiger partial charge in [0.05, 0.1) is 6.61 Å². The predicted octanol–water partition coefficient (Wildman–Crippen LogP) is 2.55. The topological polar surface area (TPSA) is 66.9 Å². The Hall–Kier alpha value is -0.660. The number of hydrogen-bond donors (Lipinski definition) is 0. The number of esters is 1. The maximum atomic E-state index is 13.1. The number of piperidine rings is 1. The second-order valence-electron chi connectivity index (χ2n) is 5.99. The zero-order valence-corrected chi connectivity index (χ0v) is 15.6. The number of carbonyl (C=O) groups excluding carboxylic acids is 1. The molecule has 1 aliphatic rings. The summed E-state index contributed by atoms with van der Waals surface area (Å²) in [5, 5.41) is 0. The third-order valence-corrected chi connectivity index (χ3v) is 6.20. The van der Waals surface area contributed by atoms with Gasteiger partial charge in [0.1, 0.15) is 6.04 Å². The van der Waals surface area contributed by atoms with E-state index in [2.05, 4.69) is 0 Å². The molecule has 0 spiro atoms. The van der Waals surface area contributed by atoms with Crippen molar-refractivity contribution in [3.63, 3.8) is 0 Å². The Balaban J connectivity index is 2.95. The van der Waals surface area contributed by atoms with Crippen LogP contribution in [-0.4, -0.2) is 55.3 Å². The van der Waals surface area contributed by atoms with Crippen LogP contribution in [0.1, 0.15) is 65.7 Å². The predicted molar refractivity (Wildman–Crippen MR) is 91.3 cm³/mol. The standard InChI is InChI=1S/C16H32N2O4S/c1-4-7-12-17(13-8-5-2)23(20,21)18-14-10-9-11-15(18)16(19)22-6-3/h15H,4-14H2,1-3H3. The second kappa shape index (κ2) is 10.3. The molecule has 0 saturated carbocycles. The monoisotopic (exact) mass is 348 g/mol. The first-order valence-electron chi connectivity index (χ1n) is 8.92. The molecule has 136 valence electrons. The van der Waals surface area contributed by atoms with Gasteiger partial charge in [0.2, 0.25) is 0 Å². The van der Waals surface area contributed by atoms with Gasteiger partial charge in [-0.2, -0.15) is 17.0 Å². The summed E-state index contributed by atoms with van der Waals surface area (Å²) in [6.45, 7) is 7.56. The minimum Gasteiger partial charge on any atom is -0.465 e. The van der Waals surface area contributed by atoms with Crippen molar-refractivity contribution in [1.82, 2.24) is 8.61 Å². The highest BCUT2D eigenvalue weighted by Crippen LogP contribution is 2.24. The number of carbonyl (C=O) groups is 1. The van der Waals surface area contributed by atoms with Gasteiger partial charge in [-0.15, -0.1) is 0 Å². The molecule has 1 saturated heterocycles. The van der Waals surface area contributed by atoms with Crippen LogP contribution < -0.4 is 0 Å². The van der Waals surface area contributed by atoms with E-state index in [9.17, 15) is 13.2 Å². The highest BCUT2D eigenvalue weighted by Gasteiger charge is 2.40. The van der Waals surface area contributed by atoms with E-state index in [0.717, 1.165) is 38.5 Å². The average Bonchev–Trinajstić information content (AvgIpc) is 2.55. The molecule has 1 atom stereocenters. The molecule has 1 unspecified atom stereocenters. The fourth-order valence-electron chi connectivity index (χ4n) is 2.81. The van der Waals surface area contributed by atoms with Gasteiger partial charge in [0.15, 0.2) is 0 Å². The van der Waals surface area contributed by atoms with Crippen molar-refractivity contribution in [3.05, 3.63) is 0 Å². The number of rotatable bonds is 10. The third kappa shape index (κ3) is 5.72. The van der Waals surface area contributed by atoms with Crippen LogP contribution in [0.25, 0.3) is 0 Å². The van der Waals surface area contributed by atoms with Crippen molar-refractivity contribution in [3.8, 4) is 0 Å². The Morgan fingerprint density at radius 3 is 2.26 bits per heavy atom. The van der Waals surface area contributed by atoms with Crippen molar-refractivity contribution >= 4 is 16.2 Å². The van der Waals surface area contributed by atoms with Crippen LogP contribution in [0, 0.1) is 0 Å². The molecule has 23 heavy (non-hydrogen) atoms. The summed E-state index contributed by atoms with van der Waals surface area (Å²) in [6, 6.07) is -0.667. The number of nitrogens with zero attached hydrogens (tertiary/aromatic N) is 2. The number of ether oxygens (including phenoxy) is 1. The van der Waals surface area contributed by atoms with Crippen LogP contribution in [0.4, 0.5) is 0 Å². The molecule has 1 heterocycles. The van der Waals surface area contributed by atoms with Crippen LogP contribution in [0.3, 0.4) is 0 Å². The summed E-state index contributed by atoms with van der Waals surface area (Å²) in [5.41, 5.74) is 0. The van der Waals surface area contributed by atoms with Gasteiger partial charge in [0.25, 0.3) is 10.2 Å². The zero-order chi connectivity index (χ0) is 17.3. The Labute approximate surface area is 141 Å². The minimum absolute atomic E-state index is 0.276. The minimum atomic E-state index is -3.62. The quantitative estimate of drug-likeness (QED) is 0.569. The highest BCUT2D eigenvalue weighted by molar-refractivity contribution is 7.86. The van der Waals surface area contributed by atoms with E-state index >= 15 is 0 Å². The Bertz CT molecular complexity index is 445. The average molecular weight is 349 g/mol. The summed E-state index contributed by atoms with van der Waals surface area (Å²) in [6.07, 6.45) is 5.76. The van der Waals surface area contributed by atoms with Crippen LogP contribution >= 0.6 is 0 Å². The summed E-state index contributed by atoms with van der Waals surface area (Å²) in [4.78, 5) is 12.2. The Morgan fingerprint density at radius 2 is 1.74 bits per heavy atom. The van der Waals surface area contributed by atoms with Crippen LogP contribution in [-0.2, 0) is 19.7 Å². The Morgan fingerprint density at radius 1 is 1.13 bits per heavy atom. The van der Waals surface area contributed by atoms with Gasteiger partial charge in [0, 0.05) is 19.6 Å². The van der Waals surface area contributed by atoms with E-state index < -0.39 is 22.2 Å². The van der Waals surface area contributed by atoms with E-state index in [4.69, 9.17) is 4.74 Å². The maximum Gasteiger partial charge on any atom is 0.324 e. The highest BCUT2D eigenvalue weighted by atomic mass is 32.2. The van der Waals surface area contributed by atoms with Crippen molar-refractivity contribution in [1.29, 1.82) is 0 Å². The summed E-state index contributed by atoms with van der Waals surface area (Å²) < 4.78 is 34.1. The molecule has 0 aromatic rings. The zero-order valence-electron chi connectivity index (χ0n) is 14.8. The summed E-state index contributed by atoms with van der Waals surface area (Å²) in [5.74, 6) is -0.415. The maximum absolute atomic E-state index is 13.1. The van der Waals surface area contributed by atoms with Gasteiger partial charge in [-0.25, -0.2) is 0 Å². The molecular weight excluding hydrogens is 316 g/mol. The molecule has 0 aliphatic carbocycles. The van der Waals surface area contributed by atoms with Gasteiger partial charge in [-0.1, -0.05) is 26.7 Å². The molecule has 0 N–H and O–H groups in total. The second-order valence-corrected chi connectivity index (χ2v) is 7.87. The molecule has 1 fully saturated rings. The molecule has 0 amide bonds. The molecule has 1 aliphatic heterocycles. The van der Waals surface area contributed by atoms with Crippen molar-refractivity contribution < 1.29 is 17.9 Å². The van der Waals surface area contributed by atoms with Crippen molar-refractivity contribution in [2.75, 3.05) is 26.2 Å². The van der Waals surface area contributed by atoms with E-state index in [1.54, 1.807) is 11.2 Å². The fraction of sp³-hybridized carbons (Fsp3) is 0.938. The molecule has 0 aromatic heterocycles. The first kappa shape index (κ1) is 20.4. The first-order valence-corrected chi connectivity index (χ1v) is 10.3. The van der Waals surface area contributed by atoms with Crippen molar-refractivity contribution in [2.45, 2.75) is 71.8 Å². The van der Waals surface area contributed by atoms with Gasteiger partial charge < -0.3 is 4.74 Å².